The van der Waals surface area contributed by atoms with Crippen molar-refractivity contribution in [2.75, 3.05) is 19.5 Å². The number of methoxy groups -OCH3 is 2. The summed E-state index contributed by atoms with van der Waals surface area (Å²) in [6, 6.07) is 13.7. The Bertz CT molecular complexity index is 983. The highest BCUT2D eigenvalue weighted by molar-refractivity contribution is 9.10. The van der Waals surface area contributed by atoms with Crippen molar-refractivity contribution in [3.05, 3.63) is 70.5 Å². The molecule has 2 aromatic carbocycles. The molecule has 0 saturated heterocycles. The molecule has 0 saturated carbocycles. The van der Waals surface area contributed by atoms with Gasteiger partial charge in [0, 0.05) is 15.7 Å². The van der Waals surface area contributed by atoms with E-state index in [-0.39, 0.29) is 6.04 Å². The summed E-state index contributed by atoms with van der Waals surface area (Å²) in [5, 5.41) is 7.73. The van der Waals surface area contributed by atoms with Crippen LogP contribution in [0.2, 0.25) is 0 Å². The first kappa shape index (κ1) is 16.7. The molecule has 0 spiro atoms. The summed E-state index contributed by atoms with van der Waals surface area (Å²) < 4.78 is 13.8. The molecule has 1 aromatic heterocycles. The van der Waals surface area contributed by atoms with Crippen LogP contribution in [0.15, 0.2) is 59.3 Å². The first-order chi connectivity index (χ1) is 12.7. The van der Waals surface area contributed by atoms with Crippen LogP contribution >= 0.6 is 15.9 Å². The molecule has 132 valence electrons. The molecule has 0 fully saturated rings. The third kappa shape index (κ3) is 2.94. The van der Waals surface area contributed by atoms with Crippen molar-refractivity contribution in [1.82, 2.24) is 14.8 Å². The number of nitrogens with zero attached hydrogens (tertiary/aromatic N) is 3. The normalized spacial score (nSPS) is 15.7. The van der Waals surface area contributed by atoms with Crippen molar-refractivity contribution in [3.8, 4) is 11.5 Å². The van der Waals surface area contributed by atoms with E-state index in [1.165, 1.54) is 0 Å². The molecule has 26 heavy (non-hydrogen) atoms. The van der Waals surface area contributed by atoms with E-state index in [9.17, 15) is 0 Å². The molecule has 2 heterocycles. The van der Waals surface area contributed by atoms with Crippen molar-refractivity contribution in [3.63, 3.8) is 0 Å². The van der Waals surface area contributed by atoms with Gasteiger partial charge in [-0.15, -0.1) is 0 Å². The molecule has 1 unspecified atom stereocenters. The summed E-state index contributed by atoms with van der Waals surface area (Å²) in [5.41, 5.74) is 2.97. The molecular formula is C19H17BrN4O2. The molecule has 1 atom stereocenters. The largest absolute Gasteiger partial charge is 0.497 e. The third-order valence-electron chi connectivity index (χ3n) is 4.30. The Morgan fingerprint density at radius 1 is 1.12 bits per heavy atom. The number of aromatic nitrogens is 3. The highest BCUT2D eigenvalue weighted by Crippen LogP contribution is 2.38. The molecule has 0 amide bonds. The van der Waals surface area contributed by atoms with Crippen LogP contribution in [-0.2, 0) is 0 Å². The van der Waals surface area contributed by atoms with Gasteiger partial charge in [0.05, 0.1) is 14.2 Å². The molecule has 0 aliphatic carbocycles. The Morgan fingerprint density at radius 3 is 2.77 bits per heavy atom. The van der Waals surface area contributed by atoms with Gasteiger partial charge in [-0.3, -0.25) is 0 Å². The Kier molecular flexibility index (Phi) is 4.38. The van der Waals surface area contributed by atoms with E-state index in [4.69, 9.17) is 9.47 Å². The summed E-state index contributed by atoms with van der Waals surface area (Å²) in [5.74, 6) is 2.21. The van der Waals surface area contributed by atoms with E-state index < -0.39 is 0 Å². The second kappa shape index (κ2) is 6.84. The molecule has 7 heteroatoms. The molecule has 1 N–H and O–H groups in total. The monoisotopic (exact) mass is 412 g/mol. The number of halogens is 1. The lowest BCUT2D eigenvalue weighted by Gasteiger charge is -2.26. The molecule has 4 rings (SSSR count). The molecule has 3 aromatic rings. The van der Waals surface area contributed by atoms with Gasteiger partial charge in [0.25, 0.3) is 0 Å². The molecule has 0 radical (unpaired) electrons. The second-order valence-corrected chi connectivity index (χ2v) is 6.71. The fourth-order valence-corrected chi connectivity index (χ4v) is 3.45. The van der Waals surface area contributed by atoms with Gasteiger partial charge in [0.1, 0.15) is 23.9 Å². The van der Waals surface area contributed by atoms with Crippen LogP contribution in [0, 0.1) is 0 Å². The number of nitrogens with one attached hydrogen (secondary N) is 1. The van der Waals surface area contributed by atoms with Crippen molar-refractivity contribution < 1.29 is 9.47 Å². The maximum absolute atomic E-state index is 5.58. The molecule has 1 aliphatic heterocycles. The minimum Gasteiger partial charge on any atom is -0.497 e. The number of allylic oxidation sites excluding steroid dienone is 1. The average Bonchev–Trinajstić information content (AvgIpc) is 3.15. The number of ether oxygens (including phenoxy) is 2. The second-order valence-electron chi connectivity index (χ2n) is 5.80. The number of rotatable bonds is 4. The van der Waals surface area contributed by atoms with Gasteiger partial charge in [0.15, 0.2) is 0 Å². The standard InChI is InChI=1S/C19H17BrN4O2/c1-25-14-6-7-18(26-2)15(9-14)17-10-16(12-4-3-5-13(20)8-12)23-19-21-11-22-24(17)19/h3-11,17H,1-2H3,(H,21,22,23). The zero-order chi connectivity index (χ0) is 18.1. The predicted molar refractivity (Wildman–Crippen MR) is 103 cm³/mol. The van der Waals surface area contributed by atoms with Crippen LogP contribution in [0.5, 0.6) is 11.5 Å². The van der Waals surface area contributed by atoms with E-state index in [2.05, 4.69) is 49.5 Å². The van der Waals surface area contributed by atoms with Crippen molar-refractivity contribution in [2.24, 2.45) is 0 Å². The van der Waals surface area contributed by atoms with Gasteiger partial charge >= 0.3 is 0 Å². The van der Waals surface area contributed by atoms with E-state index >= 15 is 0 Å². The maximum atomic E-state index is 5.58. The van der Waals surface area contributed by atoms with E-state index in [0.717, 1.165) is 32.8 Å². The minimum absolute atomic E-state index is 0.173. The quantitative estimate of drug-likeness (QED) is 0.698. The van der Waals surface area contributed by atoms with Crippen LogP contribution in [0.4, 0.5) is 5.95 Å². The van der Waals surface area contributed by atoms with E-state index in [1.54, 1.807) is 20.5 Å². The zero-order valence-corrected chi connectivity index (χ0v) is 15.9. The summed E-state index contributed by atoms with van der Waals surface area (Å²) in [7, 11) is 3.31. The predicted octanol–water partition coefficient (Wildman–Crippen LogP) is 4.11. The summed E-state index contributed by atoms with van der Waals surface area (Å²) in [6.07, 6.45) is 3.65. The number of fused-ring (bicyclic) bond motifs is 1. The van der Waals surface area contributed by atoms with E-state index in [1.807, 2.05) is 35.0 Å². The maximum Gasteiger partial charge on any atom is 0.226 e. The van der Waals surface area contributed by atoms with Crippen LogP contribution in [0.1, 0.15) is 17.2 Å². The summed E-state index contributed by atoms with van der Waals surface area (Å²) in [4.78, 5) is 4.34. The SMILES string of the molecule is COc1ccc(OC)c(C2C=C(c3cccc(Br)c3)Nc3ncnn32)c1. The molecule has 6 nitrogen and oxygen atoms in total. The van der Waals surface area contributed by atoms with Crippen LogP contribution < -0.4 is 14.8 Å². The fourth-order valence-electron chi connectivity index (χ4n) is 3.05. The first-order valence-electron chi connectivity index (χ1n) is 8.06. The highest BCUT2D eigenvalue weighted by Gasteiger charge is 2.26. The Hall–Kier alpha value is -2.80. The number of hydrogen-bond donors (Lipinski definition) is 1. The van der Waals surface area contributed by atoms with Crippen LogP contribution in [0.3, 0.4) is 0 Å². The van der Waals surface area contributed by atoms with Crippen LogP contribution in [-0.4, -0.2) is 29.0 Å². The van der Waals surface area contributed by atoms with Gasteiger partial charge in [-0.05, 0) is 42.0 Å². The lowest BCUT2D eigenvalue weighted by molar-refractivity contribution is 0.394. The van der Waals surface area contributed by atoms with Gasteiger partial charge in [-0.1, -0.05) is 28.1 Å². The van der Waals surface area contributed by atoms with Gasteiger partial charge in [0.2, 0.25) is 5.95 Å². The number of hydrogen-bond acceptors (Lipinski definition) is 5. The number of anilines is 1. The van der Waals surface area contributed by atoms with Gasteiger partial charge < -0.3 is 14.8 Å². The van der Waals surface area contributed by atoms with E-state index in [0.29, 0.717) is 5.95 Å². The number of benzene rings is 2. The Balaban J connectivity index is 1.87. The zero-order valence-electron chi connectivity index (χ0n) is 14.3. The van der Waals surface area contributed by atoms with Gasteiger partial charge in [-0.2, -0.15) is 10.1 Å². The Morgan fingerprint density at radius 2 is 2.00 bits per heavy atom. The third-order valence-corrected chi connectivity index (χ3v) is 4.79. The minimum atomic E-state index is -0.173. The van der Waals surface area contributed by atoms with Crippen LogP contribution in [0.25, 0.3) is 5.70 Å². The van der Waals surface area contributed by atoms with Gasteiger partial charge in [-0.25, -0.2) is 4.68 Å². The van der Waals surface area contributed by atoms with Crippen molar-refractivity contribution in [2.45, 2.75) is 6.04 Å². The molecular weight excluding hydrogens is 396 g/mol. The summed E-state index contributed by atoms with van der Waals surface area (Å²) >= 11 is 3.53. The fraction of sp³-hybridized carbons (Fsp3) is 0.158. The molecule has 1 aliphatic rings. The summed E-state index contributed by atoms with van der Waals surface area (Å²) in [6.45, 7) is 0. The van der Waals surface area contributed by atoms with Crippen molar-refractivity contribution in [1.29, 1.82) is 0 Å². The van der Waals surface area contributed by atoms with Crippen molar-refractivity contribution >= 4 is 27.6 Å². The first-order valence-corrected chi connectivity index (χ1v) is 8.85. The average molecular weight is 413 g/mol. The lowest BCUT2D eigenvalue weighted by atomic mass is 10.0. The molecule has 0 bridgehead atoms. The highest BCUT2D eigenvalue weighted by atomic mass is 79.9. The lowest BCUT2D eigenvalue weighted by Crippen LogP contribution is -2.20. The topological polar surface area (TPSA) is 61.2 Å². The Labute approximate surface area is 159 Å². The smallest absolute Gasteiger partial charge is 0.226 e.